The van der Waals surface area contributed by atoms with Crippen LogP contribution in [0.15, 0.2) is 36.4 Å². The van der Waals surface area contributed by atoms with Crippen molar-refractivity contribution in [2.75, 3.05) is 50.2 Å². The minimum absolute atomic E-state index is 0.186. The van der Waals surface area contributed by atoms with Crippen molar-refractivity contribution in [1.82, 2.24) is 10.2 Å². The fourth-order valence-corrected chi connectivity index (χ4v) is 4.64. The Kier molecular flexibility index (Phi) is 5.12. The van der Waals surface area contributed by atoms with E-state index in [1.54, 1.807) is 6.07 Å². The molecule has 5 rings (SSSR count). The molecule has 0 aromatic heterocycles. The van der Waals surface area contributed by atoms with E-state index in [4.69, 9.17) is 9.47 Å². The van der Waals surface area contributed by atoms with Crippen LogP contribution in [0.4, 0.5) is 16.2 Å². The highest BCUT2D eigenvalue weighted by molar-refractivity contribution is 5.89. The number of ether oxygens (including phenoxy) is 2. The van der Waals surface area contributed by atoms with Crippen LogP contribution in [-0.2, 0) is 6.42 Å². The Balaban J connectivity index is 1.27. The van der Waals surface area contributed by atoms with Gasteiger partial charge in [0.1, 0.15) is 0 Å². The van der Waals surface area contributed by atoms with Crippen molar-refractivity contribution in [3.8, 4) is 11.5 Å². The average Bonchev–Trinajstić information content (AvgIpc) is 3.50. The van der Waals surface area contributed by atoms with Crippen LogP contribution in [0.25, 0.3) is 0 Å². The number of likely N-dealkylation sites (N-methyl/N-ethyl adjacent to an activating group) is 1. The fraction of sp³-hybridized carbons (Fsp3) is 0.435. The van der Waals surface area contributed by atoms with Crippen molar-refractivity contribution < 1.29 is 14.3 Å². The van der Waals surface area contributed by atoms with Crippen molar-refractivity contribution >= 4 is 17.4 Å². The Labute approximate surface area is 176 Å². The minimum Gasteiger partial charge on any atom is -0.454 e. The van der Waals surface area contributed by atoms with Gasteiger partial charge < -0.3 is 25.0 Å². The summed E-state index contributed by atoms with van der Waals surface area (Å²) in [5.41, 5.74) is 4.71. The molecular formula is C23H28N4O3. The maximum Gasteiger partial charge on any atom is 0.319 e. The maximum atomic E-state index is 12.6. The zero-order valence-corrected chi connectivity index (χ0v) is 17.3. The number of nitrogens with zero attached hydrogens (tertiary/aromatic N) is 2. The number of likely N-dealkylation sites (tertiary alicyclic amines) is 1. The number of urea groups is 1. The summed E-state index contributed by atoms with van der Waals surface area (Å²) >= 11 is 0. The predicted molar refractivity (Wildman–Crippen MR) is 117 cm³/mol. The molecule has 2 amide bonds. The Morgan fingerprint density at radius 1 is 1.07 bits per heavy atom. The number of anilines is 2. The van der Waals surface area contributed by atoms with Gasteiger partial charge in [-0.3, -0.25) is 4.90 Å². The van der Waals surface area contributed by atoms with E-state index in [9.17, 15) is 4.79 Å². The fourth-order valence-electron chi connectivity index (χ4n) is 4.64. The van der Waals surface area contributed by atoms with Crippen LogP contribution in [0.3, 0.4) is 0 Å². The van der Waals surface area contributed by atoms with Crippen molar-refractivity contribution in [2.24, 2.45) is 0 Å². The molecule has 7 nitrogen and oxygen atoms in total. The molecule has 1 atom stereocenters. The Bertz CT molecular complexity index is 942. The molecule has 0 aliphatic carbocycles. The summed E-state index contributed by atoms with van der Waals surface area (Å²) in [5.74, 6) is 1.36. The topological polar surface area (TPSA) is 66.1 Å². The average molecular weight is 409 g/mol. The van der Waals surface area contributed by atoms with Gasteiger partial charge >= 0.3 is 6.03 Å². The molecule has 1 unspecified atom stereocenters. The first-order chi connectivity index (χ1) is 14.7. The summed E-state index contributed by atoms with van der Waals surface area (Å²) < 4.78 is 10.7. The lowest BCUT2D eigenvalue weighted by atomic mass is 10.0. The molecule has 1 saturated heterocycles. The highest BCUT2D eigenvalue weighted by Gasteiger charge is 2.26. The lowest BCUT2D eigenvalue weighted by Crippen LogP contribution is -2.38. The van der Waals surface area contributed by atoms with Crippen LogP contribution >= 0.6 is 0 Å². The quantitative estimate of drug-likeness (QED) is 0.794. The molecule has 0 spiro atoms. The summed E-state index contributed by atoms with van der Waals surface area (Å²) in [7, 11) is 2.14. The molecule has 3 heterocycles. The Morgan fingerprint density at radius 3 is 2.77 bits per heavy atom. The Morgan fingerprint density at radius 2 is 1.90 bits per heavy atom. The lowest BCUT2D eigenvalue weighted by molar-refractivity contribution is 0.174. The molecule has 0 radical (unpaired) electrons. The normalized spacial score (nSPS) is 18.4. The molecule has 0 saturated carbocycles. The van der Waals surface area contributed by atoms with Crippen LogP contribution in [0.1, 0.15) is 30.0 Å². The van der Waals surface area contributed by atoms with E-state index < -0.39 is 0 Å². The second-order valence-corrected chi connectivity index (χ2v) is 8.22. The standard InChI is InChI=1S/C23H28N4O3/c1-26-11-8-17-12-16(4-6-19(17)26)20(27-9-2-3-10-27)14-24-23(28)25-18-5-7-21-22(13-18)30-15-29-21/h4-7,12-13,20H,2-3,8-11,14-15H2,1H3,(H2,24,25,28). The monoisotopic (exact) mass is 408 g/mol. The third kappa shape index (κ3) is 3.77. The van der Waals surface area contributed by atoms with Crippen LogP contribution in [0.2, 0.25) is 0 Å². The van der Waals surface area contributed by atoms with E-state index >= 15 is 0 Å². The molecule has 3 aliphatic heterocycles. The van der Waals surface area contributed by atoms with Gasteiger partial charge in [-0.25, -0.2) is 4.79 Å². The lowest BCUT2D eigenvalue weighted by Gasteiger charge is -2.29. The number of amides is 2. The SMILES string of the molecule is CN1CCc2cc(C(CNC(=O)Nc3ccc4c(c3)OCO4)N3CCCC3)ccc21. The minimum atomic E-state index is -0.209. The van der Waals surface area contributed by atoms with Crippen molar-refractivity contribution in [2.45, 2.75) is 25.3 Å². The number of carbonyl (C=O) groups is 1. The summed E-state index contributed by atoms with van der Waals surface area (Å²) in [6.07, 6.45) is 3.52. The van der Waals surface area contributed by atoms with E-state index in [1.807, 2.05) is 12.1 Å². The number of hydrogen-bond acceptors (Lipinski definition) is 5. The van der Waals surface area contributed by atoms with Crippen LogP contribution < -0.4 is 25.0 Å². The van der Waals surface area contributed by atoms with Crippen molar-refractivity contribution in [1.29, 1.82) is 0 Å². The molecule has 30 heavy (non-hydrogen) atoms. The second kappa shape index (κ2) is 8.07. The molecule has 2 aromatic carbocycles. The molecule has 2 aromatic rings. The van der Waals surface area contributed by atoms with Crippen LogP contribution in [0, 0.1) is 0 Å². The van der Waals surface area contributed by atoms with Crippen LogP contribution in [-0.4, -0.2) is 51.0 Å². The van der Waals surface area contributed by atoms with E-state index in [2.05, 4.69) is 45.7 Å². The number of fused-ring (bicyclic) bond motifs is 2. The molecule has 0 bridgehead atoms. The van der Waals surface area contributed by atoms with Gasteiger partial charge in [0, 0.05) is 37.6 Å². The molecule has 3 aliphatic rings. The van der Waals surface area contributed by atoms with E-state index in [1.165, 1.54) is 29.7 Å². The second-order valence-electron chi connectivity index (χ2n) is 8.22. The zero-order chi connectivity index (χ0) is 20.5. The highest BCUT2D eigenvalue weighted by atomic mass is 16.7. The summed E-state index contributed by atoms with van der Waals surface area (Å²) in [5, 5.41) is 5.98. The molecule has 7 heteroatoms. The number of rotatable bonds is 5. The van der Waals surface area contributed by atoms with Crippen LogP contribution in [0.5, 0.6) is 11.5 Å². The molecular weight excluding hydrogens is 380 g/mol. The van der Waals surface area contributed by atoms with Gasteiger partial charge in [0.05, 0.1) is 6.04 Å². The number of hydrogen-bond donors (Lipinski definition) is 2. The number of carbonyl (C=O) groups excluding carboxylic acids is 1. The number of benzene rings is 2. The summed E-state index contributed by atoms with van der Waals surface area (Å²) in [6.45, 7) is 4.02. The maximum absolute atomic E-state index is 12.6. The smallest absolute Gasteiger partial charge is 0.319 e. The zero-order valence-electron chi connectivity index (χ0n) is 17.3. The van der Waals surface area contributed by atoms with E-state index in [0.29, 0.717) is 23.7 Å². The molecule has 1 fully saturated rings. The largest absolute Gasteiger partial charge is 0.454 e. The van der Waals surface area contributed by atoms with Gasteiger partial charge in [0.25, 0.3) is 0 Å². The molecule has 158 valence electrons. The van der Waals surface area contributed by atoms with Crippen molar-refractivity contribution in [3.05, 3.63) is 47.5 Å². The summed E-state index contributed by atoms with van der Waals surface area (Å²) in [4.78, 5) is 17.4. The van der Waals surface area contributed by atoms with Gasteiger partial charge in [-0.1, -0.05) is 12.1 Å². The molecule has 2 N–H and O–H groups in total. The first kappa shape index (κ1) is 19.1. The first-order valence-corrected chi connectivity index (χ1v) is 10.7. The highest BCUT2D eigenvalue weighted by Crippen LogP contribution is 2.34. The predicted octanol–water partition coefficient (Wildman–Crippen LogP) is 3.37. The number of nitrogens with one attached hydrogen (secondary N) is 2. The Hall–Kier alpha value is -2.93. The van der Waals surface area contributed by atoms with E-state index in [0.717, 1.165) is 26.1 Å². The van der Waals surface area contributed by atoms with Gasteiger partial charge in [-0.2, -0.15) is 0 Å². The third-order valence-electron chi connectivity index (χ3n) is 6.28. The van der Waals surface area contributed by atoms with Gasteiger partial charge in [-0.05, 0) is 61.7 Å². The first-order valence-electron chi connectivity index (χ1n) is 10.7. The van der Waals surface area contributed by atoms with Gasteiger partial charge in [-0.15, -0.1) is 0 Å². The third-order valence-corrected chi connectivity index (χ3v) is 6.28. The summed E-state index contributed by atoms with van der Waals surface area (Å²) in [6, 6.07) is 12.2. The van der Waals surface area contributed by atoms with Gasteiger partial charge in [0.15, 0.2) is 11.5 Å². The van der Waals surface area contributed by atoms with Gasteiger partial charge in [0.2, 0.25) is 6.79 Å². The van der Waals surface area contributed by atoms with Crippen molar-refractivity contribution in [3.63, 3.8) is 0 Å². The van der Waals surface area contributed by atoms with E-state index in [-0.39, 0.29) is 18.9 Å².